The van der Waals surface area contributed by atoms with Gasteiger partial charge in [0, 0.05) is 22.9 Å². The van der Waals surface area contributed by atoms with Gasteiger partial charge in [0.2, 0.25) is 0 Å². The van der Waals surface area contributed by atoms with E-state index in [0.29, 0.717) is 12.2 Å². The number of hydrogen-bond donors (Lipinski definition) is 1. The second-order valence-electron chi connectivity index (χ2n) is 5.07. The first-order valence-corrected chi connectivity index (χ1v) is 8.87. The van der Waals surface area contributed by atoms with Crippen LogP contribution >= 0.6 is 22.7 Å². The van der Waals surface area contributed by atoms with E-state index in [-0.39, 0.29) is 11.8 Å². The largest absolute Gasteiger partial charge is 0.350 e. The molecule has 1 atom stereocenters. The molecule has 1 aromatic carbocycles. The lowest BCUT2D eigenvalue weighted by Gasteiger charge is -2.12. The number of aromatic nitrogens is 1. The van der Waals surface area contributed by atoms with Gasteiger partial charge >= 0.3 is 0 Å². The van der Waals surface area contributed by atoms with Crippen molar-refractivity contribution in [1.82, 2.24) is 10.3 Å². The van der Waals surface area contributed by atoms with E-state index in [1.165, 1.54) is 16.9 Å². The molecule has 5 heteroatoms. The number of benzene rings is 1. The molecule has 3 nitrogen and oxygen atoms in total. The standard InChI is InChI=1S/C17H16N2OS2/c1-12(13-5-3-2-4-6-13)9-18-16(20)15-11-22-17(19-15)14-7-8-21-10-14/h2-8,10-12H,9H2,1H3,(H,18,20)/t12-/m1/s1. The first kappa shape index (κ1) is 14.9. The molecule has 0 bridgehead atoms. The van der Waals surface area contributed by atoms with Gasteiger partial charge < -0.3 is 5.32 Å². The zero-order chi connectivity index (χ0) is 15.4. The highest BCUT2D eigenvalue weighted by molar-refractivity contribution is 7.14. The van der Waals surface area contributed by atoms with Crippen LogP contribution in [0.1, 0.15) is 28.9 Å². The monoisotopic (exact) mass is 328 g/mol. The van der Waals surface area contributed by atoms with E-state index in [1.54, 1.807) is 11.3 Å². The summed E-state index contributed by atoms with van der Waals surface area (Å²) in [5, 5.41) is 9.72. The normalized spacial score (nSPS) is 12.0. The van der Waals surface area contributed by atoms with E-state index in [0.717, 1.165) is 10.6 Å². The molecule has 0 fully saturated rings. The topological polar surface area (TPSA) is 42.0 Å². The van der Waals surface area contributed by atoms with Crippen LogP contribution < -0.4 is 5.32 Å². The Morgan fingerprint density at radius 2 is 2.05 bits per heavy atom. The molecule has 0 saturated heterocycles. The molecule has 3 rings (SSSR count). The molecule has 112 valence electrons. The summed E-state index contributed by atoms with van der Waals surface area (Å²) < 4.78 is 0. The highest BCUT2D eigenvalue weighted by Crippen LogP contribution is 2.25. The summed E-state index contributed by atoms with van der Waals surface area (Å²) in [6.07, 6.45) is 0. The summed E-state index contributed by atoms with van der Waals surface area (Å²) in [6.45, 7) is 2.71. The molecule has 2 heterocycles. The smallest absolute Gasteiger partial charge is 0.270 e. The molecule has 1 amide bonds. The minimum atomic E-state index is -0.111. The van der Waals surface area contributed by atoms with Crippen molar-refractivity contribution in [2.24, 2.45) is 0 Å². The van der Waals surface area contributed by atoms with Crippen molar-refractivity contribution in [3.8, 4) is 10.6 Å². The van der Waals surface area contributed by atoms with E-state index < -0.39 is 0 Å². The zero-order valence-electron chi connectivity index (χ0n) is 12.2. The van der Waals surface area contributed by atoms with Crippen molar-refractivity contribution in [2.45, 2.75) is 12.8 Å². The molecule has 0 aliphatic carbocycles. The first-order chi connectivity index (χ1) is 10.7. The molecular formula is C17H16N2OS2. The third-order valence-electron chi connectivity index (χ3n) is 3.44. The van der Waals surface area contributed by atoms with E-state index in [1.807, 2.05) is 40.4 Å². The Hall–Kier alpha value is -1.98. The number of hydrogen-bond acceptors (Lipinski definition) is 4. The van der Waals surface area contributed by atoms with Crippen molar-refractivity contribution in [2.75, 3.05) is 6.54 Å². The van der Waals surface area contributed by atoms with Crippen LogP contribution in [-0.2, 0) is 0 Å². The van der Waals surface area contributed by atoms with Gasteiger partial charge in [-0.1, -0.05) is 37.3 Å². The molecule has 0 aliphatic rings. The second-order valence-corrected chi connectivity index (χ2v) is 6.71. The zero-order valence-corrected chi connectivity index (χ0v) is 13.8. The Morgan fingerprint density at radius 3 is 2.77 bits per heavy atom. The lowest BCUT2D eigenvalue weighted by atomic mass is 10.0. The van der Waals surface area contributed by atoms with Gasteiger partial charge in [0.05, 0.1) is 0 Å². The summed E-state index contributed by atoms with van der Waals surface area (Å²) in [5.74, 6) is 0.167. The number of nitrogens with one attached hydrogen (secondary N) is 1. The first-order valence-electron chi connectivity index (χ1n) is 7.05. The van der Waals surface area contributed by atoms with Crippen LogP contribution in [-0.4, -0.2) is 17.4 Å². The van der Waals surface area contributed by atoms with Crippen LogP contribution in [0.3, 0.4) is 0 Å². The van der Waals surface area contributed by atoms with Crippen molar-refractivity contribution in [1.29, 1.82) is 0 Å². The summed E-state index contributed by atoms with van der Waals surface area (Å²) >= 11 is 3.13. The van der Waals surface area contributed by atoms with Crippen molar-refractivity contribution in [3.63, 3.8) is 0 Å². The third kappa shape index (κ3) is 3.43. The Bertz CT molecular complexity index is 735. The minimum absolute atomic E-state index is 0.111. The van der Waals surface area contributed by atoms with E-state index >= 15 is 0 Å². The molecule has 3 aromatic rings. The fourth-order valence-electron chi connectivity index (χ4n) is 2.13. The number of carbonyl (C=O) groups excluding carboxylic acids is 1. The van der Waals surface area contributed by atoms with Crippen LogP contribution in [0, 0.1) is 0 Å². The van der Waals surface area contributed by atoms with Gasteiger partial charge in [-0.15, -0.1) is 11.3 Å². The van der Waals surface area contributed by atoms with Crippen LogP contribution in [0.25, 0.3) is 10.6 Å². The van der Waals surface area contributed by atoms with Gasteiger partial charge in [-0.25, -0.2) is 4.98 Å². The molecule has 1 N–H and O–H groups in total. The number of carbonyl (C=O) groups is 1. The maximum atomic E-state index is 12.2. The van der Waals surface area contributed by atoms with Gasteiger partial charge in [-0.3, -0.25) is 4.79 Å². The number of amides is 1. The number of thiophene rings is 1. The molecule has 0 unspecified atom stereocenters. The highest BCUT2D eigenvalue weighted by Gasteiger charge is 2.13. The molecule has 0 aliphatic heterocycles. The summed E-state index contributed by atoms with van der Waals surface area (Å²) in [7, 11) is 0. The number of rotatable bonds is 5. The second kappa shape index (κ2) is 6.85. The van der Waals surface area contributed by atoms with Crippen molar-refractivity contribution < 1.29 is 4.79 Å². The Kier molecular flexibility index (Phi) is 4.65. The fourth-order valence-corrected chi connectivity index (χ4v) is 3.64. The van der Waals surface area contributed by atoms with E-state index in [4.69, 9.17) is 0 Å². The maximum Gasteiger partial charge on any atom is 0.270 e. The molecule has 0 radical (unpaired) electrons. The van der Waals surface area contributed by atoms with Crippen LogP contribution in [0.15, 0.2) is 52.5 Å². The molecule has 0 spiro atoms. The third-order valence-corrected chi connectivity index (χ3v) is 5.02. The van der Waals surface area contributed by atoms with Crippen LogP contribution in [0.2, 0.25) is 0 Å². The Morgan fingerprint density at radius 1 is 1.23 bits per heavy atom. The predicted molar refractivity (Wildman–Crippen MR) is 92.6 cm³/mol. The lowest BCUT2D eigenvalue weighted by molar-refractivity contribution is 0.0947. The van der Waals surface area contributed by atoms with Gasteiger partial charge in [0.1, 0.15) is 10.7 Å². The van der Waals surface area contributed by atoms with Gasteiger partial charge in [0.25, 0.3) is 5.91 Å². The quantitative estimate of drug-likeness (QED) is 0.754. The average molecular weight is 328 g/mol. The molecule has 22 heavy (non-hydrogen) atoms. The lowest BCUT2D eigenvalue weighted by Crippen LogP contribution is -2.27. The van der Waals surface area contributed by atoms with E-state index in [9.17, 15) is 4.79 Å². The van der Waals surface area contributed by atoms with E-state index in [2.05, 4.69) is 29.4 Å². The van der Waals surface area contributed by atoms with Gasteiger partial charge in [0.15, 0.2) is 0 Å². The number of thiazole rings is 1. The van der Waals surface area contributed by atoms with Crippen molar-refractivity contribution in [3.05, 3.63) is 63.8 Å². The van der Waals surface area contributed by atoms with Crippen molar-refractivity contribution >= 4 is 28.6 Å². The molecule has 2 aromatic heterocycles. The Balaban J connectivity index is 1.61. The molecular weight excluding hydrogens is 312 g/mol. The fraction of sp³-hybridized carbons (Fsp3) is 0.176. The minimum Gasteiger partial charge on any atom is -0.350 e. The summed E-state index contributed by atoms with van der Waals surface area (Å²) in [4.78, 5) is 16.6. The Labute approximate surface area is 137 Å². The predicted octanol–water partition coefficient (Wildman–Crippen LogP) is 4.41. The molecule has 0 saturated carbocycles. The van der Waals surface area contributed by atoms with Crippen LogP contribution in [0.4, 0.5) is 0 Å². The summed E-state index contributed by atoms with van der Waals surface area (Å²) in [5.41, 5.74) is 2.79. The summed E-state index contributed by atoms with van der Waals surface area (Å²) in [6, 6.07) is 12.2. The van der Waals surface area contributed by atoms with Crippen LogP contribution in [0.5, 0.6) is 0 Å². The number of nitrogens with zero attached hydrogens (tertiary/aromatic N) is 1. The van der Waals surface area contributed by atoms with Gasteiger partial charge in [-0.2, -0.15) is 11.3 Å². The van der Waals surface area contributed by atoms with Gasteiger partial charge in [-0.05, 0) is 22.9 Å². The average Bonchev–Trinajstić information content (AvgIpc) is 3.23. The SMILES string of the molecule is C[C@H](CNC(=O)c1csc(-c2ccsc2)n1)c1ccccc1. The maximum absolute atomic E-state index is 12.2. The highest BCUT2D eigenvalue weighted by atomic mass is 32.1.